The number of amides is 2. The molecule has 0 bridgehead atoms. The summed E-state index contributed by atoms with van der Waals surface area (Å²) in [5, 5.41) is 2.69. The summed E-state index contributed by atoms with van der Waals surface area (Å²) in [5.41, 5.74) is 0. The molecule has 0 aromatic heterocycles. The van der Waals surface area contributed by atoms with E-state index in [9.17, 15) is 9.59 Å². The maximum absolute atomic E-state index is 12.0. The van der Waals surface area contributed by atoms with E-state index >= 15 is 0 Å². The zero-order valence-electron chi connectivity index (χ0n) is 12.3. The Kier molecular flexibility index (Phi) is 9.33. The Hall–Kier alpha value is -1.06. The second kappa shape index (κ2) is 9.92. The summed E-state index contributed by atoms with van der Waals surface area (Å²) in [6, 6.07) is 0. The molecule has 0 aliphatic rings. The molecule has 0 aromatic carbocycles. The largest absolute Gasteiger partial charge is 0.348 e. The van der Waals surface area contributed by atoms with Crippen LogP contribution in [0.3, 0.4) is 0 Å². The van der Waals surface area contributed by atoms with E-state index in [0.717, 1.165) is 25.7 Å². The van der Waals surface area contributed by atoms with Crippen LogP contribution in [0.1, 0.15) is 53.4 Å². The molecule has 0 saturated heterocycles. The van der Waals surface area contributed by atoms with Gasteiger partial charge in [0.1, 0.15) is 0 Å². The van der Waals surface area contributed by atoms with E-state index in [1.165, 1.54) is 0 Å². The first kappa shape index (κ1) is 16.9. The second-order valence-electron chi connectivity index (χ2n) is 5.10. The number of rotatable bonds is 8. The molecule has 2 amide bonds. The normalized spacial score (nSPS) is 10.5. The van der Waals surface area contributed by atoms with Gasteiger partial charge in [0.25, 0.3) is 0 Å². The lowest BCUT2D eigenvalue weighted by atomic mass is 10.2. The van der Waals surface area contributed by atoms with Crippen LogP contribution in [0.15, 0.2) is 0 Å². The molecule has 0 atom stereocenters. The van der Waals surface area contributed by atoms with E-state index in [-0.39, 0.29) is 5.91 Å². The van der Waals surface area contributed by atoms with Crippen molar-refractivity contribution in [3.8, 4) is 0 Å². The summed E-state index contributed by atoms with van der Waals surface area (Å²) in [4.78, 5) is 25.4. The molecule has 18 heavy (non-hydrogen) atoms. The van der Waals surface area contributed by atoms with Gasteiger partial charge in [-0.2, -0.15) is 0 Å². The summed E-state index contributed by atoms with van der Waals surface area (Å²) < 4.78 is 0. The zero-order valence-corrected chi connectivity index (χ0v) is 12.3. The van der Waals surface area contributed by atoms with Crippen LogP contribution in [0.4, 0.5) is 0 Å². The van der Waals surface area contributed by atoms with Crippen LogP contribution in [-0.4, -0.2) is 36.3 Å². The number of hydrogen-bond donors (Lipinski definition) is 1. The molecule has 0 unspecified atom stereocenters. The quantitative estimate of drug-likeness (QED) is 0.677. The fraction of sp³-hybridized carbons (Fsp3) is 0.857. The van der Waals surface area contributed by atoms with Crippen molar-refractivity contribution in [2.45, 2.75) is 53.4 Å². The minimum atomic E-state index is -0.462. The van der Waals surface area contributed by atoms with E-state index in [2.05, 4.69) is 19.2 Å². The fourth-order valence-electron chi connectivity index (χ4n) is 1.53. The van der Waals surface area contributed by atoms with Crippen molar-refractivity contribution >= 4 is 11.8 Å². The molecule has 0 spiro atoms. The van der Waals surface area contributed by atoms with Crippen LogP contribution in [-0.2, 0) is 9.59 Å². The van der Waals surface area contributed by atoms with Gasteiger partial charge < -0.3 is 10.2 Å². The Labute approximate surface area is 111 Å². The van der Waals surface area contributed by atoms with Crippen molar-refractivity contribution in [2.75, 3.05) is 19.6 Å². The first-order valence-electron chi connectivity index (χ1n) is 7.10. The van der Waals surface area contributed by atoms with E-state index in [0.29, 0.717) is 25.6 Å². The number of carbonyl (C=O) groups is 2. The van der Waals surface area contributed by atoms with Crippen LogP contribution in [0.5, 0.6) is 0 Å². The number of nitrogens with zero attached hydrogens (tertiary/aromatic N) is 1. The van der Waals surface area contributed by atoms with Gasteiger partial charge in [-0.15, -0.1) is 0 Å². The monoisotopic (exact) mass is 256 g/mol. The molecular formula is C14H28N2O2. The number of hydrogen-bond acceptors (Lipinski definition) is 2. The predicted molar refractivity (Wildman–Crippen MR) is 74.2 cm³/mol. The molecule has 0 aromatic rings. The Morgan fingerprint density at radius 3 is 1.94 bits per heavy atom. The third-order valence-electron chi connectivity index (χ3n) is 2.72. The van der Waals surface area contributed by atoms with Gasteiger partial charge in [0.2, 0.25) is 0 Å². The highest BCUT2D eigenvalue weighted by atomic mass is 16.2. The van der Waals surface area contributed by atoms with E-state index in [1.807, 2.05) is 13.8 Å². The van der Waals surface area contributed by atoms with Crippen molar-refractivity contribution in [1.82, 2.24) is 10.2 Å². The third kappa shape index (κ3) is 7.30. The maximum Gasteiger partial charge on any atom is 0.311 e. The highest BCUT2D eigenvalue weighted by Gasteiger charge is 2.20. The van der Waals surface area contributed by atoms with Gasteiger partial charge in [-0.25, -0.2) is 0 Å². The standard InChI is InChI=1S/C14H28N2O2/c1-5-7-9-16(10-8-6-2)14(18)13(17)15-11-12(3)4/h12H,5-11H2,1-4H3,(H,15,17). The Balaban J connectivity index is 4.28. The molecule has 0 heterocycles. The predicted octanol–water partition coefficient (Wildman–Crippen LogP) is 2.19. The van der Waals surface area contributed by atoms with E-state index in [4.69, 9.17) is 0 Å². The number of unbranched alkanes of at least 4 members (excludes halogenated alkanes) is 2. The molecule has 0 saturated carbocycles. The molecule has 4 heteroatoms. The Bertz CT molecular complexity index is 244. The Morgan fingerprint density at radius 1 is 1.06 bits per heavy atom. The average molecular weight is 256 g/mol. The summed E-state index contributed by atoms with van der Waals surface area (Å²) in [7, 11) is 0. The molecule has 0 rings (SSSR count). The molecule has 106 valence electrons. The molecule has 0 radical (unpaired) electrons. The lowest BCUT2D eigenvalue weighted by Crippen LogP contribution is -2.44. The van der Waals surface area contributed by atoms with Crippen LogP contribution < -0.4 is 5.32 Å². The first-order chi connectivity index (χ1) is 8.52. The van der Waals surface area contributed by atoms with Crippen molar-refractivity contribution in [1.29, 1.82) is 0 Å². The average Bonchev–Trinajstić information content (AvgIpc) is 2.35. The third-order valence-corrected chi connectivity index (χ3v) is 2.72. The molecule has 0 fully saturated rings. The van der Waals surface area contributed by atoms with Crippen molar-refractivity contribution in [2.24, 2.45) is 5.92 Å². The van der Waals surface area contributed by atoms with Crippen LogP contribution >= 0.6 is 0 Å². The van der Waals surface area contributed by atoms with E-state index in [1.54, 1.807) is 4.90 Å². The molecular weight excluding hydrogens is 228 g/mol. The molecule has 4 nitrogen and oxygen atoms in total. The topological polar surface area (TPSA) is 49.4 Å². The van der Waals surface area contributed by atoms with Gasteiger partial charge in [0.05, 0.1) is 0 Å². The van der Waals surface area contributed by atoms with Crippen LogP contribution in [0, 0.1) is 5.92 Å². The Morgan fingerprint density at radius 2 is 1.56 bits per heavy atom. The lowest BCUT2D eigenvalue weighted by Gasteiger charge is -2.21. The second-order valence-corrected chi connectivity index (χ2v) is 5.10. The minimum absolute atomic E-state index is 0.362. The summed E-state index contributed by atoms with van der Waals surface area (Å²) in [6.07, 6.45) is 3.97. The lowest BCUT2D eigenvalue weighted by molar-refractivity contribution is -0.146. The zero-order chi connectivity index (χ0) is 14.0. The van der Waals surface area contributed by atoms with Crippen molar-refractivity contribution in [3.63, 3.8) is 0 Å². The fourth-order valence-corrected chi connectivity index (χ4v) is 1.53. The first-order valence-corrected chi connectivity index (χ1v) is 7.10. The van der Waals surface area contributed by atoms with E-state index < -0.39 is 5.91 Å². The summed E-state index contributed by atoms with van der Waals surface area (Å²) >= 11 is 0. The minimum Gasteiger partial charge on any atom is -0.348 e. The number of nitrogens with one attached hydrogen (secondary N) is 1. The van der Waals surface area contributed by atoms with Gasteiger partial charge in [0.15, 0.2) is 0 Å². The summed E-state index contributed by atoms with van der Waals surface area (Å²) in [5.74, 6) is -0.477. The van der Waals surface area contributed by atoms with Gasteiger partial charge in [0, 0.05) is 19.6 Å². The van der Waals surface area contributed by atoms with Crippen LogP contribution in [0.2, 0.25) is 0 Å². The van der Waals surface area contributed by atoms with Crippen molar-refractivity contribution in [3.05, 3.63) is 0 Å². The number of carbonyl (C=O) groups excluding carboxylic acids is 2. The van der Waals surface area contributed by atoms with Gasteiger partial charge in [-0.05, 0) is 18.8 Å². The van der Waals surface area contributed by atoms with Gasteiger partial charge in [-0.1, -0.05) is 40.5 Å². The molecule has 0 aliphatic carbocycles. The maximum atomic E-state index is 12.0. The SMILES string of the molecule is CCCCN(CCCC)C(=O)C(=O)NCC(C)C. The highest BCUT2D eigenvalue weighted by molar-refractivity contribution is 6.35. The van der Waals surface area contributed by atoms with Crippen molar-refractivity contribution < 1.29 is 9.59 Å². The molecule has 1 N–H and O–H groups in total. The highest BCUT2D eigenvalue weighted by Crippen LogP contribution is 2.00. The van der Waals surface area contributed by atoms with Crippen LogP contribution in [0.25, 0.3) is 0 Å². The smallest absolute Gasteiger partial charge is 0.311 e. The molecule has 0 aliphatic heterocycles. The summed E-state index contributed by atoms with van der Waals surface area (Å²) in [6.45, 7) is 10.1. The van der Waals surface area contributed by atoms with Gasteiger partial charge in [-0.3, -0.25) is 9.59 Å². The van der Waals surface area contributed by atoms with Gasteiger partial charge >= 0.3 is 11.8 Å².